The fourth-order valence-corrected chi connectivity index (χ4v) is 3.58. The molecule has 1 N–H and O–H groups in total. The van der Waals surface area contributed by atoms with Crippen molar-refractivity contribution < 1.29 is 8.42 Å². The molecule has 0 aliphatic rings. The summed E-state index contributed by atoms with van der Waals surface area (Å²) in [5.74, 6) is 0.853. The summed E-state index contributed by atoms with van der Waals surface area (Å²) in [6.45, 7) is 2.26. The topological polar surface area (TPSA) is 64.0 Å². The fourth-order valence-electron chi connectivity index (χ4n) is 2.52. The fraction of sp³-hybridized carbons (Fsp3) is 0.235. The summed E-state index contributed by atoms with van der Waals surface area (Å²) in [5, 5.41) is 0. The third-order valence-corrected chi connectivity index (χ3v) is 5.39. The summed E-state index contributed by atoms with van der Waals surface area (Å²) in [6.07, 6.45) is 0.658. The molecule has 3 aromatic rings. The highest BCUT2D eigenvalue weighted by molar-refractivity contribution is 7.89. The molecule has 23 heavy (non-hydrogen) atoms. The van der Waals surface area contributed by atoms with E-state index in [4.69, 9.17) is 0 Å². The lowest BCUT2D eigenvalue weighted by molar-refractivity contribution is 0.582. The van der Waals surface area contributed by atoms with Crippen LogP contribution in [-0.4, -0.2) is 24.5 Å². The molecule has 0 spiro atoms. The molecule has 0 aliphatic heterocycles. The maximum absolute atomic E-state index is 12.4. The maximum Gasteiger partial charge on any atom is 0.240 e. The minimum Gasteiger partial charge on any atom is -0.331 e. The molecular formula is C17H19N3O2S. The van der Waals surface area contributed by atoms with Crippen LogP contribution in [0.3, 0.4) is 0 Å². The van der Waals surface area contributed by atoms with Gasteiger partial charge in [-0.15, -0.1) is 0 Å². The Labute approximate surface area is 136 Å². The largest absolute Gasteiger partial charge is 0.331 e. The molecule has 120 valence electrons. The van der Waals surface area contributed by atoms with Crippen molar-refractivity contribution in [2.24, 2.45) is 7.05 Å². The van der Waals surface area contributed by atoms with Gasteiger partial charge in [-0.05, 0) is 37.1 Å². The average Bonchev–Trinajstić information content (AvgIpc) is 2.82. The zero-order valence-corrected chi connectivity index (χ0v) is 14.0. The molecule has 0 radical (unpaired) electrons. The molecule has 1 aromatic heterocycles. The highest BCUT2D eigenvalue weighted by atomic mass is 32.2. The molecule has 1 heterocycles. The highest BCUT2D eigenvalue weighted by Crippen LogP contribution is 2.19. The van der Waals surface area contributed by atoms with Crippen LogP contribution < -0.4 is 4.72 Å². The first-order chi connectivity index (χ1) is 11.0. The van der Waals surface area contributed by atoms with Gasteiger partial charge in [0.25, 0.3) is 0 Å². The van der Waals surface area contributed by atoms with Crippen molar-refractivity contribution in [3.8, 4) is 0 Å². The minimum absolute atomic E-state index is 0.246. The Hall–Kier alpha value is -2.18. The molecule has 0 amide bonds. The van der Waals surface area contributed by atoms with E-state index in [-0.39, 0.29) is 4.90 Å². The lowest BCUT2D eigenvalue weighted by atomic mass is 10.2. The third kappa shape index (κ3) is 3.28. The Morgan fingerprint density at radius 3 is 2.61 bits per heavy atom. The molecule has 0 aliphatic carbocycles. The Morgan fingerprint density at radius 2 is 1.87 bits per heavy atom. The van der Waals surface area contributed by atoms with Gasteiger partial charge in [-0.1, -0.05) is 30.3 Å². The molecule has 0 atom stereocenters. The van der Waals surface area contributed by atoms with E-state index >= 15 is 0 Å². The smallest absolute Gasteiger partial charge is 0.240 e. The summed E-state index contributed by atoms with van der Waals surface area (Å²) >= 11 is 0. The molecule has 5 nitrogen and oxygen atoms in total. The van der Waals surface area contributed by atoms with Crippen LogP contribution in [0.4, 0.5) is 0 Å². The molecule has 0 bridgehead atoms. The van der Waals surface area contributed by atoms with Crippen molar-refractivity contribution in [1.29, 1.82) is 0 Å². The van der Waals surface area contributed by atoms with Gasteiger partial charge in [0.2, 0.25) is 10.0 Å². The second-order valence-corrected chi connectivity index (χ2v) is 7.27. The number of hydrogen-bond acceptors (Lipinski definition) is 3. The van der Waals surface area contributed by atoms with Crippen molar-refractivity contribution in [2.45, 2.75) is 18.2 Å². The Balaban J connectivity index is 1.76. The van der Waals surface area contributed by atoms with Crippen LogP contribution in [0.1, 0.15) is 11.4 Å². The SMILES string of the molecule is Cc1nc2cc(S(=O)(=O)NCCc3ccccc3)ccc2n1C. The number of aromatic nitrogens is 2. The standard InChI is InChI=1S/C17H19N3O2S/c1-13-19-16-12-15(8-9-17(16)20(13)2)23(21,22)18-11-10-14-6-4-3-5-7-14/h3-9,12,18H,10-11H2,1-2H3. The first kappa shape index (κ1) is 15.7. The van der Waals surface area contributed by atoms with Crippen molar-refractivity contribution in [3.63, 3.8) is 0 Å². The molecular weight excluding hydrogens is 310 g/mol. The second-order valence-electron chi connectivity index (χ2n) is 5.50. The lowest BCUT2D eigenvalue weighted by Crippen LogP contribution is -2.26. The summed E-state index contributed by atoms with van der Waals surface area (Å²) in [5.41, 5.74) is 2.72. The normalized spacial score (nSPS) is 11.9. The van der Waals surface area contributed by atoms with Crippen LogP contribution in [0.5, 0.6) is 0 Å². The van der Waals surface area contributed by atoms with E-state index in [2.05, 4.69) is 9.71 Å². The summed E-state index contributed by atoms with van der Waals surface area (Å²) < 4.78 is 29.4. The van der Waals surface area contributed by atoms with Crippen LogP contribution in [0.25, 0.3) is 11.0 Å². The zero-order valence-electron chi connectivity index (χ0n) is 13.2. The Kier molecular flexibility index (Phi) is 4.19. The van der Waals surface area contributed by atoms with Gasteiger partial charge >= 0.3 is 0 Å². The third-order valence-electron chi connectivity index (χ3n) is 3.93. The average molecular weight is 329 g/mol. The lowest BCUT2D eigenvalue weighted by Gasteiger charge is -2.07. The van der Waals surface area contributed by atoms with Gasteiger partial charge in [0.15, 0.2) is 0 Å². The van der Waals surface area contributed by atoms with Crippen molar-refractivity contribution >= 4 is 21.1 Å². The summed E-state index contributed by atoms with van der Waals surface area (Å²) in [6, 6.07) is 14.8. The van der Waals surface area contributed by atoms with E-state index in [9.17, 15) is 8.42 Å². The number of benzene rings is 2. The van der Waals surface area contributed by atoms with Gasteiger partial charge < -0.3 is 4.57 Å². The molecule has 2 aromatic carbocycles. The number of rotatable bonds is 5. The van der Waals surface area contributed by atoms with E-state index in [1.165, 1.54) is 0 Å². The Bertz CT molecular complexity index is 931. The van der Waals surface area contributed by atoms with Gasteiger partial charge in [-0.3, -0.25) is 0 Å². The first-order valence-electron chi connectivity index (χ1n) is 7.44. The van der Waals surface area contributed by atoms with Gasteiger partial charge in [0.1, 0.15) is 5.82 Å². The van der Waals surface area contributed by atoms with Crippen LogP contribution in [0, 0.1) is 6.92 Å². The van der Waals surface area contributed by atoms with Gasteiger partial charge in [0.05, 0.1) is 15.9 Å². The maximum atomic E-state index is 12.4. The monoisotopic (exact) mass is 329 g/mol. The van der Waals surface area contributed by atoms with Crippen LogP contribution >= 0.6 is 0 Å². The van der Waals surface area contributed by atoms with E-state index in [0.717, 1.165) is 16.9 Å². The van der Waals surface area contributed by atoms with Crippen molar-refractivity contribution in [1.82, 2.24) is 14.3 Å². The van der Waals surface area contributed by atoms with Gasteiger partial charge in [-0.2, -0.15) is 0 Å². The van der Waals surface area contributed by atoms with Crippen LogP contribution in [-0.2, 0) is 23.5 Å². The number of nitrogens with one attached hydrogen (secondary N) is 1. The molecule has 0 fully saturated rings. The second kappa shape index (κ2) is 6.14. The predicted molar refractivity (Wildman–Crippen MR) is 90.8 cm³/mol. The van der Waals surface area contributed by atoms with Crippen molar-refractivity contribution in [2.75, 3.05) is 6.54 Å². The number of nitrogens with zero attached hydrogens (tertiary/aromatic N) is 2. The number of imidazole rings is 1. The molecule has 0 saturated carbocycles. The summed E-state index contributed by atoms with van der Waals surface area (Å²) in [7, 11) is -1.61. The van der Waals surface area contributed by atoms with Gasteiger partial charge in [-0.25, -0.2) is 18.1 Å². The van der Waals surface area contributed by atoms with E-state index < -0.39 is 10.0 Å². The first-order valence-corrected chi connectivity index (χ1v) is 8.92. The Morgan fingerprint density at radius 1 is 1.13 bits per heavy atom. The number of fused-ring (bicyclic) bond motifs is 1. The molecule has 6 heteroatoms. The van der Waals surface area contributed by atoms with Crippen LogP contribution in [0.2, 0.25) is 0 Å². The van der Waals surface area contributed by atoms with E-state index in [1.54, 1.807) is 18.2 Å². The molecule has 3 rings (SSSR count). The van der Waals surface area contributed by atoms with Gasteiger partial charge in [0, 0.05) is 13.6 Å². The van der Waals surface area contributed by atoms with E-state index in [0.29, 0.717) is 18.5 Å². The number of hydrogen-bond donors (Lipinski definition) is 1. The number of sulfonamides is 1. The predicted octanol–water partition coefficient (Wildman–Crippen LogP) is 2.40. The molecule has 0 saturated heterocycles. The quantitative estimate of drug-likeness (QED) is 0.782. The molecule has 0 unspecified atom stereocenters. The zero-order chi connectivity index (χ0) is 16.4. The minimum atomic E-state index is -3.52. The van der Waals surface area contributed by atoms with E-state index in [1.807, 2.05) is 48.9 Å². The summed E-state index contributed by atoms with van der Waals surface area (Å²) in [4.78, 5) is 4.63. The highest BCUT2D eigenvalue weighted by Gasteiger charge is 2.15. The van der Waals surface area contributed by atoms with Crippen molar-refractivity contribution in [3.05, 3.63) is 59.9 Å². The number of aryl methyl sites for hydroxylation is 2. The van der Waals surface area contributed by atoms with Crippen LogP contribution in [0.15, 0.2) is 53.4 Å².